The van der Waals surface area contributed by atoms with Gasteiger partial charge in [0.25, 0.3) is 0 Å². The van der Waals surface area contributed by atoms with Crippen molar-refractivity contribution in [3.8, 4) is 22.1 Å². The van der Waals surface area contributed by atoms with Gasteiger partial charge in [0.2, 0.25) is 0 Å². The van der Waals surface area contributed by atoms with Gasteiger partial charge in [-0.2, -0.15) is 0 Å². The molecule has 0 atom stereocenters. The van der Waals surface area contributed by atoms with Gasteiger partial charge in [-0.25, -0.2) is 4.98 Å². The number of benzene rings is 1. The Morgan fingerprint density at radius 1 is 1.43 bits per heavy atom. The first-order valence-corrected chi connectivity index (χ1v) is 7.49. The number of aromatic nitrogens is 1. The Morgan fingerprint density at radius 2 is 2.24 bits per heavy atom. The van der Waals surface area contributed by atoms with Crippen LogP contribution in [0.5, 0.6) is 11.5 Å². The van der Waals surface area contributed by atoms with E-state index in [0.717, 1.165) is 17.0 Å². The summed E-state index contributed by atoms with van der Waals surface area (Å²) >= 11 is 1.41. The Hall–Kier alpha value is -2.08. The van der Waals surface area contributed by atoms with Crippen LogP contribution in [0.1, 0.15) is 19.0 Å². The quantitative estimate of drug-likeness (QED) is 0.850. The molecule has 0 saturated carbocycles. The van der Waals surface area contributed by atoms with Gasteiger partial charge in [-0.15, -0.1) is 11.3 Å². The van der Waals surface area contributed by atoms with Gasteiger partial charge in [0.05, 0.1) is 31.4 Å². The molecule has 6 heteroatoms. The number of carboxylic acid groups (broad SMARTS) is 1. The maximum atomic E-state index is 10.7. The number of hydrogen-bond donors (Lipinski definition) is 1. The van der Waals surface area contributed by atoms with Crippen molar-refractivity contribution in [2.45, 2.75) is 19.8 Å². The van der Waals surface area contributed by atoms with Gasteiger partial charge in [-0.1, -0.05) is 6.92 Å². The van der Waals surface area contributed by atoms with Crippen molar-refractivity contribution in [2.24, 2.45) is 0 Å². The van der Waals surface area contributed by atoms with E-state index in [0.29, 0.717) is 23.8 Å². The minimum absolute atomic E-state index is 0.0716. The van der Waals surface area contributed by atoms with Crippen LogP contribution in [0.2, 0.25) is 0 Å². The Bertz CT molecular complexity index is 624. The number of aliphatic carboxylic acids is 1. The molecule has 21 heavy (non-hydrogen) atoms. The predicted molar refractivity (Wildman–Crippen MR) is 81.2 cm³/mol. The van der Waals surface area contributed by atoms with Gasteiger partial charge in [0.1, 0.15) is 16.5 Å². The minimum atomic E-state index is -0.885. The Balaban J connectivity index is 2.32. The van der Waals surface area contributed by atoms with Crippen molar-refractivity contribution >= 4 is 17.3 Å². The summed E-state index contributed by atoms with van der Waals surface area (Å²) in [6, 6.07) is 5.54. The highest BCUT2D eigenvalue weighted by molar-refractivity contribution is 7.13. The first-order valence-electron chi connectivity index (χ1n) is 6.61. The summed E-state index contributed by atoms with van der Waals surface area (Å²) in [6.45, 7) is 2.64. The fourth-order valence-electron chi connectivity index (χ4n) is 1.80. The van der Waals surface area contributed by atoms with E-state index in [9.17, 15) is 4.79 Å². The van der Waals surface area contributed by atoms with Gasteiger partial charge in [-0.3, -0.25) is 4.79 Å². The zero-order valence-electron chi connectivity index (χ0n) is 12.0. The van der Waals surface area contributed by atoms with E-state index in [1.165, 1.54) is 11.3 Å². The second kappa shape index (κ2) is 7.08. The van der Waals surface area contributed by atoms with Gasteiger partial charge in [-0.05, 0) is 18.6 Å². The normalized spacial score (nSPS) is 10.4. The third kappa shape index (κ3) is 3.95. The molecule has 1 N–H and O–H groups in total. The average molecular weight is 307 g/mol. The maximum Gasteiger partial charge on any atom is 0.309 e. The third-order valence-electron chi connectivity index (χ3n) is 2.76. The lowest BCUT2D eigenvalue weighted by atomic mass is 10.2. The summed E-state index contributed by atoms with van der Waals surface area (Å²) in [4.78, 5) is 15.1. The van der Waals surface area contributed by atoms with E-state index in [1.54, 1.807) is 12.5 Å². The van der Waals surface area contributed by atoms with Crippen molar-refractivity contribution in [3.05, 3.63) is 29.3 Å². The van der Waals surface area contributed by atoms with Crippen molar-refractivity contribution in [2.75, 3.05) is 13.7 Å². The summed E-state index contributed by atoms with van der Waals surface area (Å²) in [6.07, 6.45) is 0.830. The minimum Gasteiger partial charge on any atom is -0.497 e. The molecule has 1 aromatic heterocycles. The highest BCUT2D eigenvalue weighted by atomic mass is 32.1. The molecule has 0 unspecified atom stereocenters. The lowest BCUT2D eigenvalue weighted by molar-refractivity contribution is -0.136. The summed E-state index contributed by atoms with van der Waals surface area (Å²) < 4.78 is 11.0. The predicted octanol–water partition coefficient (Wildman–Crippen LogP) is 3.23. The molecule has 0 fully saturated rings. The number of methoxy groups -OCH3 is 1. The van der Waals surface area contributed by atoms with Gasteiger partial charge in [0.15, 0.2) is 0 Å². The standard InChI is InChI=1S/C15H17NO4S/c1-3-6-20-13-8-11(19-2)4-5-12(13)15-16-10(9-21-15)7-14(17)18/h4-5,8-9H,3,6-7H2,1-2H3,(H,17,18). The van der Waals surface area contributed by atoms with E-state index in [1.807, 2.05) is 25.1 Å². The maximum absolute atomic E-state index is 10.7. The molecule has 1 aromatic carbocycles. The average Bonchev–Trinajstić information content (AvgIpc) is 2.92. The zero-order chi connectivity index (χ0) is 15.2. The number of ether oxygens (including phenoxy) is 2. The fraction of sp³-hybridized carbons (Fsp3) is 0.333. The molecule has 0 aliphatic carbocycles. The molecule has 0 bridgehead atoms. The van der Waals surface area contributed by atoms with Crippen LogP contribution in [-0.4, -0.2) is 29.8 Å². The van der Waals surface area contributed by atoms with Crippen molar-refractivity contribution in [1.29, 1.82) is 0 Å². The topological polar surface area (TPSA) is 68.7 Å². The van der Waals surface area contributed by atoms with Crippen LogP contribution < -0.4 is 9.47 Å². The molecule has 2 rings (SSSR count). The van der Waals surface area contributed by atoms with E-state index in [4.69, 9.17) is 14.6 Å². The number of carbonyl (C=O) groups is 1. The van der Waals surface area contributed by atoms with E-state index >= 15 is 0 Å². The van der Waals surface area contributed by atoms with E-state index in [-0.39, 0.29) is 6.42 Å². The second-order valence-corrected chi connectivity index (χ2v) is 5.28. The molecule has 2 aromatic rings. The second-order valence-electron chi connectivity index (χ2n) is 4.43. The first kappa shape index (κ1) is 15.3. The number of nitrogens with zero attached hydrogens (tertiary/aromatic N) is 1. The molecule has 0 aliphatic heterocycles. The molecule has 0 saturated heterocycles. The van der Waals surface area contributed by atoms with Crippen LogP contribution in [0.4, 0.5) is 0 Å². The van der Waals surface area contributed by atoms with E-state index < -0.39 is 5.97 Å². The molecular weight excluding hydrogens is 290 g/mol. The highest BCUT2D eigenvalue weighted by Gasteiger charge is 2.13. The first-order chi connectivity index (χ1) is 10.1. The monoisotopic (exact) mass is 307 g/mol. The lowest BCUT2D eigenvalue weighted by Gasteiger charge is -2.11. The molecule has 0 aliphatic rings. The van der Waals surface area contributed by atoms with Crippen LogP contribution in [0.3, 0.4) is 0 Å². The number of rotatable bonds is 7. The Kier molecular flexibility index (Phi) is 5.16. The Labute approximate surface area is 127 Å². The molecule has 0 radical (unpaired) electrons. The lowest BCUT2D eigenvalue weighted by Crippen LogP contribution is -2.00. The van der Waals surface area contributed by atoms with Gasteiger partial charge in [0, 0.05) is 11.4 Å². The number of hydrogen-bond acceptors (Lipinski definition) is 5. The molecule has 0 amide bonds. The van der Waals surface area contributed by atoms with E-state index in [2.05, 4.69) is 4.98 Å². The number of thiazole rings is 1. The van der Waals surface area contributed by atoms with Crippen LogP contribution in [0.15, 0.2) is 23.6 Å². The smallest absolute Gasteiger partial charge is 0.309 e. The van der Waals surface area contributed by atoms with Crippen molar-refractivity contribution in [1.82, 2.24) is 4.98 Å². The highest BCUT2D eigenvalue weighted by Crippen LogP contribution is 2.35. The molecule has 1 heterocycles. The van der Waals surface area contributed by atoms with Crippen molar-refractivity contribution < 1.29 is 19.4 Å². The summed E-state index contributed by atoms with van der Waals surface area (Å²) in [5, 5.41) is 11.3. The fourth-order valence-corrected chi connectivity index (χ4v) is 2.65. The summed E-state index contributed by atoms with van der Waals surface area (Å²) in [5.74, 6) is 0.531. The Morgan fingerprint density at radius 3 is 2.90 bits per heavy atom. The summed E-state index contributed by atoms with van der Waals surface area (Å²) in [5.41, 5.74) is 1.41. The molecule has 0 spiro atoms. The summed E-state index contributed by atoms with van der Waals surface area (Å²) in [7, 11) is 1.60. The van der Waals surface area contributed by atoms with Gasteiger partial charge >= 0.3 is 5.97 Å². The largest absolute Gasteiger partial charge is 0.497 e. The van der Waals surface area contributed by atoms with Crippen LogP contribution in [0.25, 0.3) is 10.6 Å². The molecule has 112 valence electrons. The third-order valence-corrected chi connectivity index (χ3v) is 3.69. The SMILES string of the molecule is CCCOc1cc(OC)ccc1-c1nc(CC(=O)O)cs1. The van der Waals surface area contributed by atoms with Crippen LogP contribution in [-0.2, 0) is 11.2 Å². The van der Waals surface area contributed by atoms with Crippen LogP contribution >= 0.6 is 11.3 Å². The van der Waals surface area contributed by atoms with Gasteiger partial charge < -0.3 is 14.6 Å². The molecular formula is C15H17NO4S. The van der Waals surface area contributed by atoms with Crippen LogP contribution in [0, 0.1) is 0 Å². The van der Waals surface area contributed by atoms with Crippen molar-refractivity contribution in [3.63, 3.8) is 0 Å². The number of carboxylic acids is 1. The zero-order valence-corrected chi connectivity index (χ0v) is 12.8. The molecule has 5 nitrogen and oxygen atoms in total.